The van der Waals surface area contributed by atoms with Crippen LogP contribution < -0.4 is 10.1 Å². The third-order valence-corrected chi connectivity index (χ3v) is 3.71. The summed E-state index contributed by atoms with van der Waals surface area (Å²) >= 11 is 0. The van der Waals surface area contributed by atoms with E-state index in [2.05, 4.69) is 12.2 Å². The minimum Gasteiger partial charge on any atom is -0.496 e. The lowest BCUT2D eigenvalue weighted by molar-refractivity contribution is 0.392. The Hall–Kier alpha value is -1.09. The van der Waals surface area contributed by atoms with Crippen LogP contribution in [0.2, 0.25) is 0 Å². The topological polar surface area (TPSA) is 21.3 Å². The Balaban J connectivity index is 2.03. The summed E-state index contributed by atoms with van der Waals surface area (Å²) in [7, 11) is 1.59. The van der Waals surface area contributed by atoms with Crippen molar-refractivity contribution in [3.8, 4) is 5.75 Å². The molecule has 3 heteroatoms. The molecule has 0 aromatic heterocycles. The van der Waals surface area contributed by atoms with E-state index in [-0.39, 0.29) is 11.9 Å². The molecule has 0 saturated heterocycles. The molecule has 1 aromatic carbocycles. The van der Waals surface area contributed by atoms with Crippen molar-refractivity contribution in [2.45, 2.75) is 45.2 Å². The van der Waals surface area contributed by atoms with Crippen LogP contribution in [0.4, 0.5) is 4.39 Å². The molecule has 1 aliphatic carbocycles. The minimum absolute atomic E-state index is 0.00648. The van der Waals surface area contributed by atoms with E-state index in [1.807, 2.05) is 13.0 Å². The molecular weight excluding hydrogens is 229 g/mol. The lowest BCUT2D eigenvalue weighted by atomic mass is 10.1. The second kappa shape index (κ2) is 5.70. The number of nitrogens with one attached hydrogen (secondary N) is 1. The normalized spacial score (nSPS) is 23.8. The fourth-order valence-electron chi connectivity index (χ4n) is 2.66. The first kappa shape index (κ1) is 13.3. The van der Waals surface area contributed by atoms with Gasteiger partial charge in [0.1, 0.15) is 11.6 Å². The van der Waals surface area contributed by atoms with Crippen LogP contribution in [-0.4, -0.2) is 13.2 Å². The molecule has 0 aliphatic heterocycles. The largest absolute Gasteiger partial charge is 0.496 e. The third-order valence-electron chi connectivity index (χ3n) is 3.71. The number of ether oxygens (including phenoxy) is 1. The molecule has 1 N–H and O–H groups in total. The summed E-state index contributed by atoms with van der Waals surface area (Å²) in [5, 5.41) is 3.50. The monoisotopic (exact) mass is 251 g/mol. The van der Waals surface area contributed by atoms with Crippen LogP contribution in [-0.2, 0) is 0 Å². The van der Waals surface area contributed by atoms with Crippen molar-refractivity contribution >= 4 is 0 Å². The number of hydrogen-bond acceptors (Lipinski definition) is 2. The first-order chi connectivity index (χ1) is 8.67. The molecule has 1 aromatic rings. The van der Waals surface area contributed by atoms with Crippen LogP contribution in [0.15, 0.2) is 18.2 Å². The number of benzene rings is 1. The second-order valence-electron chi connectivity index (χ2n) is 5.14. The van der Waals surface area contributed by atoms with Crippen molar-refractivity contribution in [3.05, 3.63) is 29.6 Å². The summed E-state index contributed by atoms with van der Waals surface area (Å²) in [5.74, 6) is 1.21. The predicted molar refractivity (Wildman–Crippen MR) is 71.3 cm³/mol. The first-order valence-electron chi connectivity index (χ1n) is 6.75. The third kappa shape index (κ3) is 2.83. The van der Waals surface area contributed by atoms with Gasteiger partial charge in [0.2, 0.25) is 0 Å². The predicted octanol–water partition coefficient (Wildman–Crippen LogP) is 3.67. The Labute approximate surface area is 109 Å². The summed E-state index contributed by atoms with van der Waals surface area (Å²) in [6.45, 7) is 4.21. The summed E-state index contributed by atoms with van der Waals surface area (Å²) in [4.78, 5) is 0. The molecule has 100 valence electrons. The quantitative estimate of drug-likeness (QED) is 0.833. The minimum atomic E-state index is -0.193. The highest BCUT2D eigenvalue weighted by Gasteiger charge is 2.37. The summed E-state index contributed by atoms with van der Waals surface area (Å²) in [5.41, 5.74) is 0.641. The Morgan fingerprint density at radius 2 is 2.28 bits per heavy atom. The molecule has 2 nitrogen and oxygen atoms in total. The van der Waals surface area contributed by atoms with Crippen molar-refractivity contribution in [3.63, 3.8) is 0 Å². The second-order valence-corrected chi connectivity index (χ2v) is 5.14. The number of hydrogen-bond donors (Lipinski definition) is 1. The number of halogens is 1. The lowest BCUT2D eigenvalue weighted by Crippen LogP contribution is -2.23. The van der Waals surface area contributed by atoms with Crippen molar-refractivity contribution in [2.75, 3.05) is 7.11 Å². The molecule has 0 bridgehead atoms. The Bertz CT molecular complexity index is 407. The number of methoxy groups -OCH3 is 1. The van der Waals surface area contributed by atoms with Crippen LogP contribution in [0, 0.1) is 11.7 Å². The fraction of sp³-hybridized carbons (Fsp3) is 0.600. The molecule has 0 heterocycles. The molecule has 1 aliphatic rings. The van der Waals surface area contributed by atoms with Crippen LogP contribution in [0.1, 0.15) is 44.7 Å². The van der Waals surface area contributed by atoms with Gasteiger partial charge < -0.3 is 10.1 Å². The number of rotatable bonds is 6. The summed E-state index contributed by atoms with van der Waals surface area (Å²) in [6.07, 6.45) is 3.70. The van der Waals surface area contributed by atoms with Gasteiger partial charge in [-0.3, -0.25) is 0 Å². The Morgan fingerprint density at radius 1 is 1.50 bits per heavy atom. The van der Waals surface area contributed by atoms with E-state index in [1.165, 1.54) is 25.3 Å². The van der Waals surface area contributed by atoms with Gasteiger partial charge in [-0.25, -0.2) is 4.39 Å². The van der Waals surface area contributed by atoms with Gasteiger partial charge in [0.05, 0.1) is 7.11 Å². The van der Waals surface area contributed by atoms with E-state index in [9.17, 15) is 4.39 Å². The standard InChI is InChI=1S/C15H22FNO/c1-4-6-11-9-13(11)17-10(2)15-12(16)7-5-8-14(15)18-3/h5,7-8,10-11,13,17H,4,6,9H2,1-3H3. The maximum absolute atomic E-state index is 13.9. The van der Waals surface area contributed by atoms with E-state index < -0.39 is 0 Å². The van der Waals surface area contributed by atoms with Gasteiger partial charge in [0.25, 0.3) is 0 Å². The van der Waals surface area contributed by atoms with Crippen molar-refractivity contribution in [2.24, 2.45) is 5.92 Å². The Kier molecular flexibility index (Phi) is 4.23. The zero-order valence-corrected chi connectivity index (χ0v) is 11.4. The van der Waals surface area contributed by atoms with Crippen molar-refractivity contribution < 1.29 is 9.13 Å². The van der Waals surface area contributed by atoms with Crippen LogP contribution in [0.25, 0.3) is 0 Å². The smallest absolute Gasteiger partial charge is 0.131 e. The van der Waals surface area contributed by atoms with E-state index in [1.54, 1.807) is 13.2 Å². The molecule has 0 radical (unpaired) electrons. The van der Waals surface area contributed by atoms with Crippen molar-refractivity contribution in [1.29, 1.82) is 0 Å². The van der Waals surface area contributed by atoms with E-state index in [0.29, 0.717) is 17.4 Å². The highest BCUT2D eigenvalue weighted by atomic mass is 19.1. The van der Waals surface area contributed by atoms with Crippen LogP contribution >= 0.6 is 0 Å². The zero-order chi connectivity index (χ0) is 13.1. The molecule has 1 saturated carbocycles. The van der Waals surface area contributed by atoms with Crippen LogP contribution in [0.5, 0.6) is 5.75 Å². The molecule has 3 atom stereocenters. The average Bonchev–Trinajstić information content (AvgIpc) is 3.07. The highest BCUT2D eigenvalue weighted by Crippen LogP contribution is 2.37. The van der Waals surface area contributed by atoms with Crippen LogP contribution in [0.3, 0.4) is 0 Å². The molecule has 1 fully saturated rings. The fourth-order valence-corrected chi connectivity index (χ4v) is 2.66. The van der Waals surface area contributed by atoms with Gasteiger partial charge in [-0.2, -0.15) is 0 Å². The van der Waals surface area contributed by atoms with Gasteiger partial charge in [-0.15, -0.1) is 0 Å². The molecule has 3 unspecified atom stereocenters. The molecular formula is C15H22FNO. The van der Waals surface area contributed by atoms with E-state index >= 15 is 0 Å². The average molecular weight is 251 g/mol. The summed E-state index contributed by atoms with van der Waals surface area (Å²) in [6, 6.07) is 5.53. The van der Waals surface area contributed by atoms with Gasteiger partial charge in [0, 0.05) is 17.6 Å². The summed E-state index contributed by atoms with van der Waals surface area (Å²) < 4.78 is 19.1. The van der Waals surface area contributed by atoms with Crippen molar-refractivity contribution in [1.82, 2.24) is 5.32 Å². The van der Waals surface area contributed by atoms with E-state index in [0.717, 1.165) is 5.92 Å². The zero-order valence-electron chi connectivity index (χ0n) is 11.4. The van der Waals surface area contributed by atoms with Gasteiger partial charge >= 0.3 is 0 Å². The SMILES string of the molecule is CCCC1CC1NC(C)c1c(F)cccc1OC. The molecule has 18 heavy (non-hydrogen) atoms. The van der Waals surface area contributed by atoms with Gasteiger partial charge in [-0.1, -0.05) is 19.4 Å². The highest BCUT2D eigenvalue weighted by molar-refractivity contribution is 5.37. The molecule has 0 amide bonds. The first-order valence-corrected chi connectivity index (χ1v) is 6.75. The molecule has 2 rings (SSSR count). The lowest BCUT2D eigenvalue weighted by Gasteiger charge is -2.18. The van der Waals surface area contributed by atoms with E-state index in [4.69, 9.17) is 4.74 Å². The Morgan fingerprint density at radius 3 is 2.94 bits per heavy atom. The maximum Gasteiger partial charge on any atom is 0.131 e. The van der Waals surface area contributed by atoms with Gasteiger partial charge in [0.15, 0.2) is 0 Å². The molecule has 0 spiro atoms. The van der Waals surface area contributed by atoms with Gasteiger partial charge in [-0.05, 0) is 37.8 Å². The maximum atomic E-state index is 13.9.